The summed E-state index contributed by atoms with van der Waals surface area (Å²) in [7, 11) is 0. The van der Waals surface area contributed by atoms with Gasteiger partial charge in [0.05, 0.1) is 9.73 Å². The predicted molar refractivity (Wildman–Crippen MR) is 76.3 cm³/mol. The van der Waals surface area contributed by atoms with Crippen molar-refractivity contribution in [3.63, 3.8) is 0 Å². The molecule has 0 aromatic heterocycles. The van der Waals surface area contributed by atoms with Crippen molar-refractivity contribution in [3.05, 3.63) is 71.8 Å². The van der Waals surface area contributed by atoms with E-state index in [2.05, 4.69) is 0 Å². The van der Waals surface area contributed by atoms with Gasteiger partial charge in [0.25, 0.3) is 0 Å². The Kier molecular flexibility index (Phi) is 5.81. The molecule has 0 unspecified atom stereocenters. The van der Waals surface area contributed by atoms with Crippen LogP contribution in [0.5, 0.6) is 0 Å². The van der Waals surface area contributed by atoms with E-state index in [1.165, 1.54) is 0 Å². The number of hydrogen-bond donors (Lipinski definition) is 0. The maximum Gasteiger partial charge on any atom is 0.0636 e. The number of thiocarbonyl (C=S) groups is 2. The van der Waals surface area contributed by atoms with Crippen molar-refractivity contribution in [2.24, 2.45) is 0 Å². The standard InChI is InChI=1S/C14H10S2.Pd/c15-13(11-7-3-1-4-8-11)14(16)12-9-5-2-6-10-12;/h1-10H;. The Hall–Kier alpha value is -0.718. The minimum Gasteiger partial charge on any atom is -0.0778 e. The molecule has 0 aliphatic rings. The van der Waals surface area contributed by atoms with E-state index in [1.54, 1.807) is 0 Å². The molecule has 0 aliphatic carbocycles. The van der Waals surface area contributed by atoms with Crippen LogP contribution >= 0.6 is 24.4 Å². The van der Waals surface area contributed by atoms with Gasteiger partial charge < -0.3 is 0 Å². The fourth-order valence-electron chi connectivity index (χ4n) is 1.44. The molecule has 17 heavy (non-hydrogen) atoms. The molecule has 2 rings (SSSR count). The van der Waals surface area contributed by atoms with Gasteiger partial charge in [-0.1, -0.05) is 85.1 Å². The van der Waals surface area contributed by atoms with E-state index >= 15 is 0 Å². The summed E-state index contributed by atoms with van der Waals surface area (Å²) in [4.78, 5) is 1.48. The Balaban J connectivity index is 0.00000144. The summed E-state index contributed by atoms with van der Waals surface area (Å²) in [6.07, 6.45) is 0. The summed E-state index contributed by atoms with van der Waals surface area (Å²) in [5.74, 6) is 0. The molecular weight excluding hydrogens is 339 g/mol. The first kappa shape index (κ1) is 14.3. The van der Waals surface area contributed by atoms with Crippen molar-refractivity contribution in [3.8, 4) is 0 Å². The largest absolute Gasteiger partial charge is 0.0778 e. The second-order valence-electron chi connectivity index (χ2n) is 3.39. The minimum absolute atomic E-state index is 0. The zero-order valence-corrected chi connectivity index (χ0v) is 12.1. The Morgan fingerprint density at radius 3 is 1.18 bits per heavy atom. The summed E-state index contributed by atoms with van der Waals surface area (Å²) in [5.41, 5.74) is 2.01. The van der Waals surface area contributed by atoms with Crippen molar-refractivity contribution in [2.45, 2.75) is 0 Å². The fourth-order valence-corrected chi connectivity index (χ4v) is 1.95. The van der Waals surface area contributed by atoms with Gasteiger partial charge in [-0.15, -0.1) is 0 Å². The van der Waals surface area contributed by atoms with Gasteiger partial charge >= 0.3 is 0 Å². The number of hydrogen-bond acceptors (Lipinski definition) is 2. The summed E-state index contributed by atoms with van der Waals surface area (Å²) >= 11 is 10.8. The quantitative estimate of drug-likeness (QED) is 0.470. The van der Waals surface area contributed by atoms with Crippen molar-refractivity contribution in [1.29, 1.82) is 0 Å². The average molecular weight is 349 g/mol. The van der Waals surface area contributed by atoms with Gasteiger partial charge in [-0.3, -0.25) is 0 Å². The van der Waals surface area contributed by atoms with Gasteiger partial charge in [0.1, 0.15) is 0 Å². The SMILES string of the molecule is S=C(C(=S)c1ccccc1)c1ccccc1.[Pd]. The molecule has 0 atom stereocenters. The van der Waals surface area contributed by atoms with Crippen LogP contribution in [-0.2, 0) is 20.4 Å². The van der Waals surface area contributed by atoms with Crippen molar-refractivity contribution in [2.75, 3.05) is 0 Å². The summed E-state index contributed by atoms with van der Waals surface area (Å²) in [6, 6.07) is 19.7. The van der Waals surface area contributed by atoms with E-state index < -0.39 is 0 Å². The molecule has 0 N–H and O–H groups in total. The molecule has 2 aromatic rings. The zero-order valence-electron chi connectivity index (χ0n) is 8.91. The molecule has 2 aromatic carbocycles. The van der Waals surface area contributed by atoms with Crippen molar-refractivity contribution in [1.82, 2.24) is 0 Å². The fraction of sp³-hybridized carbons (Fsp3) is 0. The van der Waals surface area contributed by atoms with E-state index in [4.69, 9.17) is 24.4 Å². The molecule has 3 heteroatoms. The Labute approximate surface area is 126 Å². The minimum atomic E-state index is 0. The molecular formula is C14H10PdS2. The first-order chi connectivity index (χ1) is 7.79. The van der Waals surface area contributed by atoms with Crippen molar-refractivity contribution >= 4 is 34.2 Å². The topological polar surface area (TPSA) is 0 Å². The Bertz CT molecular complexity index is 457. The average Bonchev–Trinajstić information content (AvgIpc) is 2.39. The van der Waals surface area contributed by atoms with E-state index in [1.807, 2.05) is 60.7 Å². The van der Waals surface area contributed by atoms with Crippen LogP contribution in [0.2, 0.25) is 0 Å². The van der Waals surface area contributed by atoms with Gasteiger partial charge in [-0.25, -0.2) is 0 Å². The molecule has 0 spiro atoms. The van der Waals surface area contributed by atoms with Crippen LogP contribution in [0.3, 0.4) is 0 Å². The van der Waals surface area contributed by atoms with Gasteiger partial charge in [-0.2, -0.15) is 0 Å². The molecule has 88 valence electrons. The van der Waals surface area contributed by atoms with E-state index in [9.17, 15) is 0 Å². The molecule has 0 heterocycles. The predicted octanol–water partition coefficient (Wildman–Crippen LogP) is 3.82. The first-order valence-corrected chi connectivity index (χ1v) is 5.80. The first-order valence-electron chi connectivity index (χ1n) is 4.98. The molecule has 0 amide bonds. The molecule has 0 nitrogen and oxygen atoms in total. The third-order valence-electron chi connectivity index (χ3n) is 2.28. The van der Waals surface area contributed by atoms with Crippen LogP contribution in [0, 0.1) is 0 Å². The van der Waals surface area contributed by atoms with Crippen LogP contribution in [0.4, 0.5) is 0 Å². The summed E-state index contributed by atoms with van der Waals surface area (Å²) in [5, 5.41) is 0. The maximum absolute atomic E-state index is 5.38. The van der Waals surface area contributed by atoms with Crippen molar-refractivity contribution < 1.29 is 20.4 Å². The third-order valence-corrected chi connectivity index (χ3v) is 3.29. The van der Waals surface area contributed by atoms with E-state index in [0.29, 0.717) is 0 Å². The molecule has 0 bridgehead atoms. The smallest absolute Gasteiger partial charge is 0.0636 e. The van der Waals surface area contributed by atoms with Crippen LogP contribution in [-0.4, -0.2) is 9.73 Å². The molecule has 0 radical (unpaired) electrons. The van der Waals surface area contributed by atoms with E-state index in [0.717, 1.165) is 20.9 Å². The van der Waals surface area contributed by atoms with Crippen LogP contribution < -0.4 is 0 Å². The van der Waals surface area contributed by atoms with Gasteiger partial charge in [-0.05, 0) is 11.1 Å². The van der Waals surface area contributed by atoms with Gasteiger partial charge in [0.2, 0.25) is 0 Å². The van der Waals surface area contributed by atoms with Gasteiger partial charge in [0, 0.05) is 20.4 Å². The molecule has 0 aliphatic heterocycles. The monoisotopic (exact) mass is 348 g/mol. The number of rotatable bonds is 3. The molecule has 0 saturated carbocycles. The Morgan fingerprint density at radius 2 is 0.882 bits per heavy atom. The van der Waals surface area contributed by atoms with Crippen LogP contribution in [0.1, 0.15) is 11.1 Å². The maximum atomic E-state index is 5.38. The summed E-state index contributed by atoms with van der Waals surface area (Å²) in [6.45, 7) is 0. The summed E-state index contributed by atoms with van der Waals surface area (Å²) < 4.78 is 0. The van der Waals surface area contributed by atoms with Crippen LogP contribution in [0.15, 0.2) is 60.7 Å². The molecule has 0 saturated heterocycles. The number of benzene rings is 2. The third kappa shape index (κ3) is 3.62. The van der Waals surface area contributed by atoms with Gasteiger partial charge in [0.15, 0.2) is 0 Å². The second kappa shape index (κ2) is 6.88. The zero-order chi connectivity index (χ0) is 11.4. The normalized spacial score (nSPS) is 9.18. The Morgan fingerprint density at radius 1 is 0.588 bits per heavy atom. The second-order valence-corrected chi connectivity index (χ2v) is 4.21. The van der Waals surface area contributed by atoms with Crippen LogP contribution in [0.25, 0.3) is 0 Å². The molecule has 0 fully saturated rings. The van der Waals surface area contributed by atoms with E-state index in [-0.39, 0.29) is 20.4 Å².